The number of esters is 1. The molecule has 0 amide bonds. The topological polar surface area (TPSA) is 59.0 Å². The zero-order valence-corrected chi connectivity index (χ0v) is 15.5. The third kappa shape index (κ3) is 3.67. The van der Waals surface area contributed by atoms with Crippen molar-refractivity contribution in [3.8, 4) is 0 Å². The number of hydrogen-bond acceptors (Lipinski definition) is 5. The first-order valence-corrected chi connectivity index (χ1v) is 9.28. The van der Waals surface area contributed by atoms with Gasteiger partial charge in [-0.15, -0.1) is 0 Å². The van der Waals surface area contributed by atoms with Crippen LogP contribution in [-0.2, 0) is 9.47 Å². The normalized spacial score (nSPS) is 23.4. The van der Waals surface area contributed by atoms with Crippen LogP contribution < -0.4 is 4.90 Å². The largest absolute Gasteiger partial charge is 0.465 e. The summed E-state index contributed by atoms with van der Waals surface area (Å²) < 4.78 is 10.5. The lowest BCUT2D eigenvalue weighted by Gasteiger charge is -2.37. The van der Waals surface area contributed by atoms with Crippen molar-refractivity contribution >= 4 is 11.7 Å². The Labute approximate surface area is 149 Å². The average molecular weight is 347 g/mol. The van der Waals surface area contributed by atoms with E-state index in [9.17, 15) is 9.90 Å². The quantitative estimate of drug-likeness (QED) is 0.802. The Hall–Kier alpha value is -1.59. The number of aliphatic hydroxyl groups is 1. The van der Waals surface area contributed by atoms with Crippen LogP contribution in [0.4, 0.5) is 5.69 Å². The number of rotatable bonds is 6. The molecule has 1 aliphatic carbocycles. The van der Waals surface area contributed by atoms with E-state index >= 15 is 0 Å². The molecule has 3 rings (SSSR count). The van der Waals surface area contributed by atoms with Crippen molar-refractivity contribution in [2.75, 3.05) is 38.4 Å². The summed E-state index contributed by atoms with van der Waals surface area (Å²) in [5, 5.41) is 9.43. The Balaban J connectivity index is 2.00. The molecule has 138 valence electrons. The van der Waals surface area contributed by atoms with Gasteiger partial charge >= 0.3 is 5.97 Å². The van der Waals surface area contributed by atoms with Gasteiger partial charge in [-0.25, -0.2) is 4.79 Å². The van der Waals surface area contributed by atoms with E-state index < -0.39 is 0 Å². The molecule has 1 aromatic carbocycles. The van der Waals surface area contributed by atoms with E-state index in [0.29, 0.717) is 23.4 Å². The van der Waals surface area contributed by atoms with Crippen LogP contribution in [0.15, 0.2) is 12.1 Å². The molecule has 2 aliphatic rings. The second-order valence-corrected chi connectivity index (χ2v) is 7.12. The van der Waals surface area contributed by atoms with E-state index in [1.807, 2.05) is 13.0 Å². The van der Waals surface area contributed by atoms with Gasteiger partial charge in [0.1, 0.15) is 0 Å². The molecule has 5 nitrogen and oxygen atoms in total. The summed E-state index contributed by atoms with van der Waals surface area (Å²) in [6.07, 6.45) is 3.00. The van der Waals surface area contributed by atoms with Gasteiger partial charge in [0.2, 0.25) is 0 Å². The number of benzene rings is 1. The molecule has 1 saturated carbocycles. The van der Waals surface area contributed by atoms with Crippen molar-refractivity contribution < 1.29 is 19.4 Å². The van der Waals surface area contributed by atoms with Crippen molar-refractivity contribution in [3.05, 3.63) is 28.8 Å². The number of nitrogens with zero attached hydrogens (tertiary/aromatic N) is 1. The highest BCUT2D eigenvalue weighted by Gasteiger charge is 2.39. The summed E-state index contributed by atoms with van der Waals surface area (Å²) >= 11 is 0. The first-order chi connectivity index (χ1) is 12.1. The van der Waals surface area contributed by atoms with Crippen molar-refractivity contribution in [1.29, 1.82) is 0 Å². The minimum Gasteiger partial charge on any atom is -0.465 e. The standard InChI is InChI=1S/C20H29NO4/c1-4-21(16-5-7-25-8-6-16)19-11-14(18-10-15(18)12-22)9-17(13(19)2)20(23)24-3/h9,11,15-16,18,22H,4-8,10,12H2,1-3H3. The van der Waals surface area contributed by atoms with Crippen LogP contribution in [0.1, 0.15) is 53.6 Å². The third-order valence-corrected chi connectivity index (χ3v) is 5.67. The third-order valence-electron chi connectivity index (χ3n) is 5.67. The molecular formula is C20H29NO4. The van der Waals surface area contributed by atoms with Gasteiger partial charge < -0.3 is 19.5 Å². The van der Waals surface area contributed by atoms with Crippen molar-refractivity contribution in [2.24, 2.45) is 5.92 Å². The molecule has 2 fully saturated rings. The SMILES string of the molecule is CCN(c1cc(C2CC2CO)cc(C(=O)OC)c1C)C1CCOCC1. The van der Waals surface area contributed by atoms with Crippen LogP contribution in [-0.4, -0.2) is 50.6 Å². The molecule has 1 heterocycles. The van der Waals surface area contributed by atoms with Gasteiger partial charge in [0, 0.05) is 38.1 Å². The Morgan fingerprint density at radius 1 is 1.36 bits per heavy atom. The van der Waals surface area contributed by atoms with E-state index in [4.69, 9.17) is 9.47 Å². The van der Waals surface area contributed by atoms with Gasteiger partial charge in [0.05, 0.1) is 12.7 Å². The Bertz CT molecular complexity index is 624. The maximum Gasteiger partial charge on any atom is 0.338 e. The van der Waals surface area contributed by atoms with E-state index in [1.165, 1.54) is 7.11 Å². The molecule has 1 saturated heterocycles. The molecule has 0 bridgehead atoms. The first-order valence-electron chi connectivity index (χ1n) is 9.28. The van der Waals surface area contributed by atoms with Gasteiger partial charge in [-0.05, 0) is 68.2 Å². The number of methoxy groups -OCH3 is 1. The van der Waals surface area contributed by atoms with Crippen LogP contribution in [0.25, 0.3) is 0 Å². The molecule has 5 heteroatoms. The van der Waals surface area contributed by atoms with Crippen LogP contribution in [0.3, 0.4) is 0 Å². The van der Waals surface area contributed by atoms with Gasteiger partial charge in [-0.2, -0.15) is 0 Å². The van der Waals surface area contributed by atoms with Gasteiger partial charge in [0.25, 0.3) is 0 Å². The fourth-order valence-electron chi connectivity index (χ4n) is 4.03. The summed E-state index contributed by atoms with van der Waals surface area (Å²) in [4.78, 5) is 14.7. The maximum atomic E-state index is 12.3. The first kappa shape index (κ1) is 18.2. The summed E-state index contributed by atoms with van der Waals surface area (Å²) in [7, 11) is 1.43. The molecule has 0 radical (unpaired) electrons. The lowest BCUT2D eigenvalue weighted by molar-refractivity contribution is 0.0599. The molecule has 0 aromatic heterocycles. The number of aliphatic hydroxyl groups excluding tert-OH is 1. The molecule has 0 spiro atoms. The molecule has 25 heavy (non-hydrogen) atoms. The van der Waals surface area contributed by atoms with Crippen LogP contribution >= 0.6 is 0 Å². The highest BCUT2D eigenvalue weighted by Crippen LogP contribution is 2.48. The molecule has 1 aliphatic heterocycles. The highest BCUT2D eigenvalue weighted by atomic mass is 16.5. The number of carbonyl (C=O) groups excluding carboxylic acids is 1. The monoisotopic (exact) mass is 347 g/mol. The Morgan fingerprint density at radius 3 is 2.64 bits per heavy atom. The Morgan fingerprint density at radius 2 is 2.08 bits per heavy atom. The smallest absolute Gasteiger partial charge is 0.338 e. The lowest BCUT2D eigenvalue weighted by atomic mass is 9.96. The van der Waals surface area contributed by atoms with Gasteiger partial charge in [-0.1, -0.05) is 0 Å². The zero-order valence-electron chi connectivity index (χ0n) is 15.5. The van der Waals surface area contributed by atoms with Gasteiger partial charge in [0.15, 0.2) is 0 Å². The predicted molar refractivity (Wildman–Crippen MR) is 97.3 cm³/mol. The average Bonchev–Trinajstić information content (AvgIpc) is 3.44. The van der Waals surface area contributed by atoms with E-state index in [0.717, 1.165) is 55.8 Å². The number of carbonyl (C=O) groups is 1. The fourth-order valence-corrected chi connectivity index (χ4v) is 4.03. The molecule has 2 unspecified atom stereocenters. The summed E-state index contributed by atoms with van der Waals surface area (Å²) in [6.45, 7) is 6.84. The van der Waals surface area contributed by atoms with E-state index in [-0.39, 0.29) is 12.6 Å². The minimum absolute atomic E-state index is 0.207. The van der Waals surface area contributed by atoms with Gasteiger partial charge in [-0.3, -0.25) is 0 Å². The van der Waals surface area contributed by atoms with Crippen molar-refractivity contribution in [3.63, 3.8) is 0 Å². The Kier molecular flexibility index (Phi) is 5.64. The molecule has 2 atom stereocenters. The second-order valence-electron chi connectivity index (χ2n) is 7.12. The molecule has 1 N–H and O–H groups in total. The lowest BCUT2D eigenvalue weighted by Crippen LogP contribution is -2.40. The minimum atomic E-state index is -0.287. The number of hydrogen-bond donors (Lipinski definition) is 1. The fraction of sp³-hybridized carbons (Fsp3) is 0.650. The summed E-state index contributed by atoms with van der Waals surface area (Å²) in [6, 6.07) is 4.62. The van der Waals surface area contributed by atoms with E-state index in [1.54, 1.807) is 0 Å². The molecule has 1 aromatic rings. The van der Waals surface area contributed by atoms with Crippen molar-refractivity contribution in [2.45, 2.75) is 45.1 Å². The highest BCUT2D eigenvalue weighted by molar-refractivity contribution is 5.93. The second kappa shape index (κ2) is 7.75. The van der Waals surface area contributed by atoms with Crippen molar-refractivity contribution in [1.82, 2.24) is 0 Å². The zero-order chi connectivity index (χ0) is 18.0. The number of ether oxygens (including phenoxy) is 2. The molecular weight excluding hydrogens is 318 g/mol. The summed E-state index contributed by atoms with van der Waals surface area (Å²) in [5.74, 6) is 0.380. The summed E-state index contributed by atoms with van der Waals surface area (Å²) in [5.41, 5.74) is 3.88. The van der Waals surface area contributed by atoms with Crippen LogP contribution in [0, 0.1) is 12.8 Å². The van der Waals surface area contributed by atoms with Crippen LogP contribution in [0.5, 0.6) is 0 Å². The van der Waals surface area contributed by atoms with Crippen LogP contribution in [0.2, 0.25) is 0 Å². The number of anilines is 1. The predicted octanol–water partition coefficient (Wildman–Crippen LogP) is 2.88. The van der Waals surface area contributed by atoms with E-state index in [2.05, 4.69) is 17.9 Å². The maximum absolute atomic E-state index is 12.3.